The van der Waals surface area contributed by atoms with Crippen LogP contribution < -0.4 is 10.5 Å². The first kappa shape index (κ1) is 25.1. The number of ether oxygens (including phenoxy) is 2. The molecule has 34 heavy (non-hydrogen) atoms. The molecule has 1 aromatic heterocycles. The van der Waals surface area contributed by atoms with Crippen molar-refractivity contribution in [2.24, 2.45) is 0 Å². The molecule has 0 aliphatic carbocycles. The van der Waals surface area contributed by atoms with Crippen molar-refractivity contribution in [1.82, 2.24) is 9.88 Å². The van der Waals surface area contributed by atoms with Crippen molar-refractivity contribution in [3.8, 4) is 16.9 Å². The average Bonchev–Trinajstić information content (AvgIpc) is 2.84. The fourth-order valence-corrected chi connectivity index (χ4v) is 5.67. The number of nitrogens with zero attached hydrogens (tertiary/aromatic N) is 2. The van der Waals surface area contributed by atoms with Gasteiger partial charge in [-0.05, 0) is 42.8 Å². The summed E-state index contributed by atoms with van der Waals surface area (Å²) in [6.07, 6.45) is 1.74. The van der Waals surface area contributed by atoms with Crippen molar-refractivity contribution in [2.75, 3.05) is 45.2 Å². The SMILES string of the molecule is CC(Sc1cc(-c2ccc(OCCN3CCOCC3)cc2)cnc1N)c1c(Cl)ccc(F)c1Cl. The summed E-state index contributed by atoms with van der Waals surface area (Å²) in [5, 5.41) is 0.218. The number of anilines is 1. The lowest BCUT2D eigenvalue weighted by Gasteiger charge is -2.26. The van der Waals surface area contributed by atoms with Crippen molar-refractivity contribution in [2.45, 2.75) is 17.1 Å². The summed E-state index contributed by atoms with van der Waals surface area (Å²) in [5.41, 5.74) is 8.58. The molecule has 1 saturated heterocycles. The summed E-state index contributed by atoms with van der Waals surface area (Å²) in [6, 6.07) is 12.6. The molecule has 2 heterocycles. The Balaban J connectivity index is 1.43. The van der Waals surface area contributed by atoms with E-state index in [0.29, 0.717) is 23.0 Å². The third-order valence-electron chi connectivity index (χ3n) is 5.64. The van der Waals surface area contributed by atoms with Gasteiger partial charge in [0, 0.05) is 47.2 Å². The number of hydrogen-bond donors (Lipinski definition) is 1. The Morgan fingerprint density at radius 3 is 2.62 bits per heavy atom. The van der Waals surface area contributed by atoms with Gasteiger partial charge in [0.25, 0.3) is 0 Å². The number of thioether (sulfide) groups is 1. The fraction of sp³-hybridized carbons (Fsp3) is 0.320. The van der Waals surface area contributed by atoms with Crippen LogP contribution in [-0.4, -0.2) is 49.3 Å². The van der Waals surface area contributed by atoms with Gasteiger partial charge >= 0.3 is 0 Å². The highest BCUT2D eigenvalue weighted by Gasteiger charge is 2.20. The van der Waals surface area contributed by atoms with Crippen LogP contribution >= 0.6 is 35.0 Å². The van der Waals surface area contributed by atoms with E-state index in [9.17, 15) is 4.39 Å². The monoisotopic (exact) mass is 521 g/mol. The standard InChI is InChI=1S/C25H26Cl2FN3O2S/c1-16(23-20(26)6-7-21(28)24(23)27)34-22-14-18(15-30-25(22)29)17-2-4-19(5-3-17)33-13-10-31-8-11-32-12-9-31/h2-7,14-16H,8-13H2,1H3,(H2,29,30). The van der Waals surface area contributed by atoms with Crippen LogP contribution in [0.5, 0.6) is 5.75 Å². The first-order valence-electron chi connectivity index (χ1n) is 11.0. The smallest absolute Gasteiger partial charge is 0.142 e. The van der Waals surface area contributed by atoms with Gasteiger partial charge in [0.05, 0.1) is 23.1 Å². The first-order valence-corrected chi connectivity index (χ1v) is 12.6. The van der Waals surface area contributed by atoms with Crippen molar-refractivity contribution < 1.29 is 13.9 Å². The summed E-state index contributed by atoms with van der Waals surface area (Å²) in [6.45, 7) is 6.88. The molecular formula is C25H26Cl2FN3O2S. The molecule has 1 aliphatic rings. The zero-order valence-electron chi connectivity index (χ0n) is 18.8. The molecule has 0 saturated carbocycles. The number of rotatable bonds is 8. The van der Waals surface area contributed by atoms with Gasteiger partial charge in [0.15, 0.2) is 0 Å². The second kappa shape index (κ2) is 11.6. The predicted octanol–water partition coefficient (Wildman–Crippen LogP) is 6.34. The molecule has 2 N–H and O–H groups in total. The fourth-order valence-electron chi connectivity index (χ4n) is 3.73. The summed E-state index contributed by atoms with van der Waals surface area (Å²) < 4.78 is 25.2. The quantitative estimate of drug-likeness (QED) is 0.275. The first-order chi connectivity index (χ1) is 16.4. The van der Waals surface area contributed by atoms with E-state index in [1.165, 1.54) is 23.9 Å². The highest BCUT2D eigenvalue weighted by molar-refractivity contribution is 7.99. The van der Waals surface area contributed by atoms with Gasteiger partial charge < -0.3 is 15.2 Å². The Morgan fingerprint density at radius 1 is 1.15 bits per heavy atom. The molecule has 2 aromatic carbocycles. The second-order valence-electron chi connectivity index (χ2n) is 7.95. The van der Waals surface area contributed by atoms with E-state index in [0.717, 1.165) is 54.6 Å². The molecule has 0 spiro atoms. The van der Waals surface area contributed by atoms with E-state index in [1.54, 1.807) is 6.20 Å². The van der Waals surface area contributed by atoms with Gasteiger partial charge in [-0.1, -0.05) is 35.3 Å². The minimum Gasteiger partial charge on any atom is -0.492 e. The highest BCUT2D eigenvalue weighted by Crippen LogP contribution is 2.44. The summed E-state index contributed by atoms with van der Waals surface area (Å²) in [5.74, 6) is 0.715. The average molecular weight is 522 g/mol. The van der Waals surface area contributed by atoms with Gasteiger partial charge in [0.2, 0.25) is 0 Å². The number of halogens is 3. The molecule has 4 rings (SSSR count). The van der Waals surface area contributed by atoms with E-state index < -0.39 is 5.82 Å². The van der Waals surface area contributed by atoms with Crippen LogP contribution in [0, 0.1) is 5.82 Å². The maximum absolute atomic E-state index is 14.0. The van der Waals surface area contributed by atoms with Gasteiger partial charge in [0.1, 0.15) is 24.0 Å². The molecule has 180 valence electrons. The predicted molar refractivity (Wildman–Crippen MR) is 138 cm³/mol. The van der Waals surface area contributed by atoms with Gasteiger partial charge in [-0.2, -0.15) is 0 Å². The minimum atomic E-state index is -0.499. The van der Waals surface area contributed by atoms with Crippen molar-refractivity contribution in [1.29, 1.82) is 0 Å². The number of aromatic nitrogens is 1. The minimum absolute atomic E-state index is 0.0272. The van der Waals surface area contributed by atoms with Crippen LogP contribution in [0.2, 0.25) is 10.0 Å². The Morgan fingerprint density at radius 2 is 1.88 bits per heavy atom. The Bertz CT molecular complexity index is 1130. The molecule has 0 bridgehead atoms. The highest BCUT2D eigenvalue weighted by atomic mass is 35.5. The number of nitrogens with two attached hydrogens (primary N) is 1. The van der Waals surface area contributed by atoms with E-state index in [4.69, 9.17) is 38.4 Å². The molecule has 1 atom stereocenters. The van der Waals surface area contributed by atoms with Crippen molar-refractivity contribution in [3.05, 3.63) is 70.1 Å². The van der Waals surface area contributed by atoms with Crippen molar-refractivity contribution in [3.63, 3.8) is 0 Å². The lowest BCUT2D eigenvalue weighted by atomic mass is 10.1. The zero-order chi connectivity index (χ0) is 24.1. The van der Waals surface area contributed by atoms with Crippen LogP contribution in [0.3, 0.4) is 0 Å². The van der Waals surface area contributed by atoms with Crippen LogP contribution in [0.25, 0.3) is 11.1 Å². The van der Waals surface area contributed by atoms with Crippen LogP contribution in [0.15, 0.2) is 53.6 Å². The third-order valence-corrected chi connectivity index (χ3v) is 7.52. The number of pyridine rings is 1. The Hall–Kier alpha value is -2.03. The van der Waals surface area contributed by atoms with Gasteiger partial charge in [-0.25, -0.2) is 9.37 Å². The Labute approximate surface area is 213 Å². The molecule has 0 radical (unpaired) electrons. The largest absolute Gasteiger partial charge is 0.492 e. The normalized spacial score (nSPS) is 15.3. The molecule has 9 heteroatoms. The van der Waals surface area contributed by atoms with Gasteiger partial charge in [-0.3, -0.25) is 4.90 Å². The van der Waals surface area contributed by atoms with E-state index in [2.05, 4.69) is 9.88 Å². The summed E-state index contributed by atoms with van der Waals surface area (Å²) in [4.78, 5) is 7.46. The molecule has 3 aromatic rings. The maximum Gasteiger partial charge on any atom is 0.142 e. The number of hydrogen-bond acceptors (Lipinski definition) is 6. The van der Waals surface area contributed by atoms with E-state index >= 15 is 0 Å². The van der Waals surface area contributed by atoms with Crippen LogP contribution in [0.4, 0.5) is 10.2 Å². The number of nitrogen functional groups attached to an aromatic ring is 1. The third kappa shape index (κ3) is 6.15. The molecular weight excluding hydrogens is 496 g/mol. The van der Waals surface area contributed by atoms with Crippen LogP contribution in [-0.2, 0) is 4.74 Å². The van der Waals surface area contributed by atoms with Gasteiger partial charge in [-0.15, -0.1) is 11.8 Å². The molecule has 1 aliphatic heterocycles. The summed E-state index contributed by atoms with van der Waals surface area (Å²) in [7, 11) is 0. The Kier molecular flexibility index (Phi) is 8.55. The lowest BCUT2D eigenvalue weighted by molar-refractivity contribution is 0.0322. The lowest BCUT2D eigenvalue weighted by Crippen LogP contribution is -2.38. The zero-order valence-corrected chi connectivity index (χ0v) is 21.1. The number of benzene rings is 2. The number of morpholine rings is 1. The summed E-state index contributed by atoms with van der Waals surface area (Å²) >= 11 is 13.9. The van der Waals surface area contributed by atoms with Crippen molar-refractivity contribution >= 4 is 40.8 Å². The second-order valence-corrected chi connectivity index (χ2v) is 10.1. The van der Waals surface area contributed by atoms with E-state index in [-0.39, 0.29) is 10.3 Å². The molecule has 1 unspecified atom stereocenters. The van der Waals surface area contributed by atoms with Crippen LogP contribution in [0.1, 0.15) is 17.7 Å². The molecule has 5 nitrogen and oxygen atoms in total. The topological polar surface area (TPSA) is 60.6 Å². The molecule has 0 amide bonds. The maximum atomic E-state index is 14.0. The van der Waals surface area contributed by atoms with E-state index in [1.807, 2.05) is 37.3 Å². The molecule has 1 fully saturated rings.